The molecule has 3 aliphatic rings. The van der Waals surface area contributed by atoms with E-state index in [1.807, 2.05) is 36.2 Å². The average molecular weight is 746 g/mol. The van der Waals surface area contributed by atoms with Crippen LogP contribution >= 0.6 is 0 Å². The van der Waals surface area contributed by atoms with Crippen molar-refractivity contribution >= 4 is 40.4 Å². The van der Waals surface area contributed by atoms with Crippen LogP contribution in [0.25, 0.3) is 22.2 Å². The fraction of sp³-hybridized carbons (Fsp3) is 0.444. The summed E-state index contributed by atoms with van der Waals surface area (Å²) in [7, 11) is 1.94. The van der Waals surface area contributed by atoms with Gasteiger partial charge in [0.1, 0.15) is 18.6 Å². The van der Waals surface area contributed by atoms with Crippen LogP contribution in [0.5, 0.6) is 5.75 Å². The van der Waals surface area contributed by atoms with Crippen molar-refractivity contribution in [2.24, 2.45) is 0 Å². The summed E-state index contributed by atoms with van der Waals surface area (Å²) >= 11 is 0. The molecule has 0 unspecified atom stereocenters. The first-order chi connectivity index (χ1) is 27.1. The number of nitrogens with zero attached hydrogens (tertiary/aromatic N) is 3. The fourth-order valence-electron chi connectivity index (χ4n) is 8.49. The molecule has 55 heavy (non-hydrogen) atoms. The van der Waals surface area contributed by atoms with Crippen molar-refractivity contribution < 1.29 is 23.9 Å². The lowest BCUT2D eigenvalue weighted by Crippen LogP contribution is -2.37. The number of hydrogen-bond donors (Lipinski definition) is 2. The first-order valence-corrected chi connectivity index (χ1v) is 20.2. The van der Waals surface area contributed by atoms with Gasteiger partial charge in [-0.1, -0.05) is 37.5 Å². The van der Waals surface area contributed by atoms with Crippen LogP contribution in [-0.4, -0.2) is 75.7 Å². The molecule has 0 atom stereocenters. The van der Waals surface area contributed by atoms with E-state index in [2.05, 4.69) is 68.7 Å². The SMILES string of the molecule is CNCC/C=C\CCNC(=O)c1ccc2c(C3CCCCC3)c(-c3ccc(OCc4cc(N5CCCC5=O)ccc4N4CCOCC4)cc3)n(CC=O)c2c1. The second-order valence-electron chi connectivity index (χ2n) is 14.9. The predicted molar refractivity (Wildman–Crippen MR) is 219 cm³/mol. The number of carbonyl (C=O) groups excluding carboxylic acids is 3. The number of morpholine rings is 1. The number of anilines is 2. The summed E-state index contributed by atoms with van der Waals surface area (Å²) < 4.78 is 14.2. The molecular weight excluding hydrogens is 691 g/mol. The van der Waals surface area contributed by atoms with Gasteiger partial charge in [0, 0.05) is 66.0 Å². The van der Waals surface area contributed by atoms with Gasteiger partial charge in [0.2, 0.25) is 5.91 Å². The third kappa shape index (κ3) is 8.97. The van der Waals surface area contributed by atoms with Gasteiger partial charge < -0.3 is 39.3 Å². The number of aldehydes is 1. The Kier molecular flexibility index (Phi) is 13.0. The van der Waals surface area contributed by atoms with Crippen LogP contribution in [0.3, 0.4) is 0 Å². The highest BCUT2D eigenvalue weighted by Crippen LogP contribution is 2.44. The van der Waals surface area contributed by atoms with Crippen molar-refractivity contribution in [1.82, 2.24) is 15.2 Å². The molecule has 10 nitrogen and oxygen atoms in total. The molecule has 10 heteroatoms. The average Bonchev–Trinajstić information content (AvgIpc) is 3.81. The van der Waals surface area contributed by atoms with Crippen LogP contribution < -0.4 is 25.2 Å². The van der Waals surface area contributed by atoms with Crippen molar-refractivity contribution in [3.05, 3.63) is 89.5 Å². The van der Waals surface area contributed by atoms with Crippen LogP contribution in [0.4, 0.5) is 11.4 Å². The van der Waals surface area contributed by atoms with Gasteiger partial charge in [-0.05, 0) is 117 Å². The van der Waals surface area contributed by atoms with Gasteiger partial charge in [-0.15, -0.1) is 0 Å². The van der Waals surface area contributed by atoms with E-state index in [4.69, 9.17) is 9.47 Å². The molecule has 0 bridgehead atoms. The first-order valence-electron chi connectivity index (χ1n) is 20.2. The zero-order valence-electron chi connectivity index (χ0n) is 32.2. The van der Waals surface area contributed by atoms with E-state index in [1.165, 1.54) is 24.8 Å². The topological polar surface area (TPSA) is 105 Å². The van der Waals surface area contributed by atoms with Crippen molar-refractivity contribution in [1.29, 1.82) is 0 Å². The summed E-state index contributed by atoms with van der Waals surface area (Å²) in [6, 6.07) is 20.5. The Morgan fingerprint density at radius 3 is 2.42 bits per heavy atom. The summed E-state index contributed by atoms with van der Waals surface area (Å²) in [4.78, 5) is 42.4. The molecule has 3 aromatic carbocycles. The number of hydrogen-bond acceptors (Lipinski definition) is 7. The highest BCUT2D eigenvalue weighted by molar-refractivity contribution is 6.01. The fourth-order valence-corrected chi connectivity index (χ4v) is 8.49. The zero-order valence-corrected chi connectivity index (χ0v) is 32.2. The zero-order chi connectivity index (χ0) is 38.0. The Hall–Kier alpha value is -4.93. The van der Waals surface area contributed by atoms with Crippen molar-refractivity contribution in [2.45, 2.75) is 76.9 Å². The van der Waals surface area contributed by atoms with Gasteiger partial charge in [0.05, 0.1) is 25.5 Å². The highest BCUT2D eigenvalue weighted by Gasteiger charge is 2.28. The maximum Gasteiger partial charge on any atom is 0.251 e. The van der Waals surface area contributed by atoms with E-state index in [-0.39, 0.29) is 18.4 Å². The van der Waals surface area contributed by atoms with Gasteiger partial charge >= 0.3 is 0 Å². The largest absolute Gasteiger partial charge is 0.489 e. The van der Waals surface area contributed by atoms with E-state index in [1.54, 1.807) is 0 Å². The molecule has 2 amide bonds. The molecule has 3 fully saturated rings. The van der Waals surface area contributed by atoms with E-state index >= 15 is 0 Å². The van der Waals surface area contributed by atoms with Gasteiger partial charge in [-0.3, -0.25) is 9.59 Å². The van der Waals surface area contributed by atoms with Crippen molar-refractivity contribution in [3.63, 3.8) is 0 Å². The lowest BCUT2D eigenvalue weighted by atomic mass is 9.81. The summed E-state index contributed by atoms with van der Waals surface area (Å²) in [6.07, 6.45) is 14.2. The minimum atomic E-state index is -0.110. The van der Waals surface area contributed by atoms with Gasteiger partial charge in [-0.2, -0.15) is 0 Å². The molecule has 0 radical (unpaired) electrons. The summed E-state index contributed by atoms with van der Waals surface area (Å²) in [6.45, 7) is 5.77. The minimum absolute atomic E-state index is 0.110. The van der Waals surface area contributed by atoms with Crippen LogP contribution in [0.1, 0.15) is 85.2 Å². The first kappa shape index (κ1) is 38.3. The smallest absolute Gasteiger partial charge is 0.251 e. The van der Waals surface area contributed by atoms with Crippen molar-refractivity contribution in [2.75, 3.05) is 62.8 Å². The Morgan fingerprint density at radius 2 is 1.69 bits per heavy atom. The molecular formula is C45H55N5O5. The highest BCUT2D eigenvalue weighted by atomic mass is 16.5. The molecule has 290 valence electrons. The maximum atomic E-state index is 13.3. The van der Waals surface area contributed by atoms with Crippen LogP contribution in [0.15, 0.2) is 72.8 Å². The summed E-state index contributed by atoms with van der Waals surface area (Å²) in [5.74, 6) is 1.17. The van der Waals surface area contributed by atoms with Crippen LogP contribution in [0.2, 0.25) is 0 Å². The molecule has 1 aliphatic carbocycles. The van der Waals surface area contributed by atoms with Gasteiger partial charge in [0.25, 0.3) is 5.91 Å². The molecule has 0 spiro atoms. The lowest BCUT2D eigenvalue weighted by molar-refractivity contribution is -0.117. The monoisotopic (exact) mass is 745 g/mol. The lowest BCUT2D eigenvalue weighted by Gasteiger charge is -2.31. The molecule has 2 saturated heterocycles. The van der Waals surface area contributed by atoms with Crippen LogP contribution in [-0.2, 0) is 27.5 Å². The van der Waals surface area contributed by atoms with Gasteiger partial charge in [0.15, 0.2) is 0 Å². The Morgan fingerprint density at radius 1 is 0.909 bits per heavy atom. The number of fused-ring (bicyclic) bond motifs is 1. The molecule has 2 N–H and O–H groups in total. The molecule has 2 aliphatic heterocycles. The van der Waals surface area contributed by atoms with E-state index in [0.717, 1.165) is 109 Å². The normalized spacial score (nSPS) is 16.7. The van der Waals surface area contributed by atoms with E-state index < -0.39 is 0 Å². The third-order valence-electron chi connectivity index (χ3n) is 11.3. The van der Waals surface area contributed by atoms with Crippen molar-refractivity contribution in [3.8, 4) is 17.0 Å². The number of carbonyl (C=O) groups is 3. The summed E-state index contributed by atoms with van der Waals surface area (Å²) in [5, 5.41) is 7.31. The predicted octanol–water partition coefficient (Wildman–Crippen LogP) is 7.38. The second-order valence-corrected chi connectivity index (χ2v) is 14.9. The van der Waals surface area contributed by atoms with E-state index in [0.29, 0.717) is 44.3 Å². The van der Waals surface area contributed by atoms with Crippen LogP contribution in [0, 0.1) is 0 Å². The molecule has 7 rings (SSSR count). The third-order valence-corrected chi connectivity index (χ3v) is 11.3. The second kappa shape index (κ2) is 18.6. The molecule has 1 aromatic heterocycles. The number of aromatic nitrogens is 1. The Balaban J connectivity index is 1.16. The number of amides is 2. The number of benzene rings is 3. The molecule has 3 heterocycles. The number of rotatable bonds is 16. The maximum absolute atomic E-state index is 13.3. The number of ether oxygens (including phenoxy) is 2. The summed E-state index contributed by atoms with van der Waals surface area (Å²) in [5.41, 5.74) is 7.90. The minimum Gasteiger partial charge on any atom is -0.489 e. The molecule has 1 saturated carbocycles. The molecule has 4 aromatic rings. The standard InChI is InChI=1S/C45H55N5O5/c1-46-21-7-2-3-8-22-47-45(53)35-15-19-39-41(31-35)50(24-27-51)44(43(39)33-10-5-4-6-11-33)34-13-17-38(18-14-34)55-32-36-30-37(49-23-9-12-42(49)52)16-20-40(36)48-25-28-54-29-26-48/h2-3,13-20,27,30-31,33,46H,4-12,21-26,28-29,32H2,1H3,(H,47,53)/b3-2-. The Labute approximate surface area is 324 Å². The van der Waals surface area contributed by atoms with E-state index in [9.17, 15) is 14.4 Å². The Bertz CT molecular complexity index is 1970. The number of nitrogens with one attached hydrogen (secondary N) is 2. The quantitative estimate of drug-likeness (QED) is 0.0701. The van der Waals surface area contributed by atoms with Gasteiger partial charge in [-0.25, -0.2) is 0 Å².